The van der Waals surface area contributed by atoms with E-state index in [2.05, 4.69) is 20.3 Å². The van der Waals surface area contributed by atoms with E-state index < -0.39 is 23.6 Å². The zero-order valence-corrected chi connectivity index (χ0v) is 17.3. The molecule has 1 N–H and O–H groups in total. The number of hydrogen-bond donors (Lipinski definition) is 1. The Hall–Kier alpha value is -3.28. The standard InChI is InChI=1S/C20H21F3N6O3/c1-12-7-8-13(16-26-18(32-27-16)19(2,31)20(21,22)23)11-28(12)17(30)14-5-3-4-6-15(14)29-24-9-10-25-29/h3-6,9-10,12-13,31H,7-8,11H2,1-2H3/t12-,13-,19?/m1/s1. The summed E-state index contributed by atoms with van der Waals surface area (Å²) < 4.78 is 44.0. The first kappa shape index (κ1) is 21.9. The van der Waals surface area contributed by atoms with Gasteiger partial charge in [0, 0.05) is 18.5 Å². The van der Waals surface area contributed by atoms with Gasteiger partial charge in [-0.15, -0.1) is 0 Å². The van der Waals surface area contributed by atoms with Crippen LogP contribution in [0.3, 0.4) is 0 Å². The number of aromatic nitrogens is 5. The van der Waals surface area contributed by atoms with Crippen molar-refractivity contribution in [3.8, 4) is 5.69 Å². The third-order valence-corrected chi connectivity index (χ3v) is 5.69. The van der Waals surface area contributed by atoms with Gasteiger partial charge in [-0.3, -0.25) is 4.79 Å². The zero-order chi connectivity index (χ0) is 23.1. The predicted molar refractivity (Wildman–Crippen MR) is 104 cm³/mol. The Morgan fingerprint density at radius 1 is 1.19 bits per heavy atom. The SMILES string of the molecule is C[C@@H]1CC[C@@H](c2noc(C(C)(O)C(F)(F)F)n2)CN1C(=O)c1ccccc1-n1nccn1. The number of carbonyl (C=O) groups excluding carboxylic acids is 1. The Kier molecular flexibility index (Phi) is 5.49. The number of alkyl halides is 3. The third kappa shape index (κ3) is 3.85. The normalized spacial score (nSPS) is 21.4. The first-order valence-corrected chi connectivity index (χ1v) is 9.99. The molecule has 1 amide bonds. The number of aliphatic hydroxyl groups is 1. The van der Waals surface area contributed by atoms with Crippen LogP contribution in [0.15, 0.2) is 41.2 Å². The summed E-state index contributed by atoms with van der Waals surface area (Å²) in [5, 5.41) is 21.6. The lowest BCUT2D eigenvalue weighted by molar-refractivity contribution is -0.267. The van der Waals surface area contributed by atoms with Crippen molar-refractivity contribution in [1.29, 1.82) is 0 Å². The lowest BCUT2D eigenvalue weighted by atomic mass is 9.92. The van der Waals surface area contributed by atoms with Crippen molar-refractivity contribution in [2.75, 3.05) is 6.54 Å². The van der Waals surface area contributed by atoms with Crippen LogP contribution in [-0.2, 0) is 5.60 Å². The second kappa shape index (κ2) is 8.01. The lowest BCUT2D eigenvalue weighted by Crippen LogP contribution is -2.45. The fourth-order valence-corrected chi connectivity index (χ4v) is 3.64. The lowest BCUT2D eigenvalue weighted by Gasteiger charge is -2.37. The van der Waals surface area contributed by atoms with E-state index in [1.54, 1.807) is 29.2 Å². The van der Waals surface area contributed by atoms with E-state index in [1.807, 2.05) is 6.92 Å². The molecule has 3 heterocycles. The van der Waals surface area contributed by atoms with Gasteiger partial charge < -0.3 is 14.5 Å². The Morgan fingerprint density at radius 2 is 1.88 bits per heavy atom. The summed E-state index contributed by atoms with van der Waals surface area (Å²) in [6.45, 7) is 2.65. The maximum Gasteiger partial charge on any atom is 0.426 e. The minimum atomic E-state index is -4.97. The van der Waals surface area contributed by atoms with Crippen LogP contribution in [0.4, 0.5) is 13.2 Å². The van der Waals surface area contributed by atoms with Crippen LogP contribution < -0.4 is 0 Å². The molecule has 170 valence electrons. The van der Waals surface area contributed by atoms with Gasteiger partial charge in [-0.05, 0) is 38.8 Å². The zero-order valence-electron chi connectivity index (χ0n) is 17.3. The van der Waals surface area contributed by atoms with Crippen LogP contribution in [0.1, 0.15) is 54.7 Å². The molecule has 0 aliphatic carbocycles. The average molecular weight is 450 g/mol. The second-order valence-corrected chi connectivity index (χ2v) is 7.94. The van der Waals surface area contributed by atoms with Crippen molar-refractivity contribution in [1.82, 2.24) is 30.0 Å². The van der Waals surface area contributed by atoms with Crippen molar-refractivity contribution in [3.05, 3.63) is 53.9 Å². The molecule has 3 atom stereocenters. The summed E-state index contributed by atoms with van der Waals surface area (Å²) in [6, 6.07) is 6.79. The van der Waals surface area contributed by atoms with E-state index in [4.69, 9.17) is 4.52 Å². The van der Waals surface area contributed by atoms with E-state index in [9.17, 15) is 23.1 Å². The van der Waals surface area contributed by atoms with E-state index in [1.165, 1.54) is 17.2 Å². The molecule has 0 radical (unpaired) electrons. The molecule has 1 aromatic carbocycles. The molecule has 0 spiro atoms. The van der Waals surface area contributed by atoms with Crippen LogP contribution in [0.2, 0.25) is 0 Å². The molecule has 32 heavy (non-hydrogen) atoms. The number of likely N-dealkylation sites (tertiary alicyclic amines) is 1. The summed E-state index contributed by atoms with van der Waals surface area (Å²) in [7, 11) is 0. The van der Waals surface area contributed by atoms with E-state index >= 15 is 0 Å². The summed E-state index contributed by atoms with van der Waals surface area (Å²) in [4.78, 5) is 20.2. The average Bonchev–Trinajstić information content (AvgIpc) is 3.45. The Labute approximate surface area is 180 Å². The monoisotopic (exact) mass is 450 g/mol. The number of para-hydroxylation sites is 1. The van der Waals surface area contributed by atoms with Crippen molar-refractivity contribution in [2.24, 2.45) is 0 Å². The molecular weight excluding hydrogens is 429 g/mol. The number of piperidine rings is 1. The van der Waals surface area contributed by atoms with Gasteiger partial charge in [0.15, 0.2) is 5.82 Å². The molecule has 1 aliphatic heterocycles. The van der Waals surface area contributed by atoms with Crippen molar-refractivity contribution >= 4 is 5.91 Å². The smallest absolute Gasteiger partial charge is 0.373 e. The van der Waals surface area contributed by atoms with Gasteiger partial charge in [-0.1, -0.05) is 17.3 Å². The largest absolute Gasteiger partial charge is 0.426 e. The van der Waals surface area contributed by atoms with Gasteiger partial charge in [-0.2, -0.15) is 33.1 Å². The summed E-state index contributed by atoms with van der Waals surface area (Å²) in [5.41, 5.74) is -2.35. The van der Waals surface area contributed by atoms with Gasteiger partial charge in [0.2, 0.25) is 5.60 Å². The van der Waals surface area contributed by atoms with Crippen molar-refractivity contribution in [3.63, 3.8) is 0 Å². The number of carbonyl (C=O) groups is 1. The van der Waals surface area contributed by atoms with Crippen LogP contribution in [-0.4, -0.2) is 59.8 Å². The molecule has 1 saturated heterocycles. The number of amides is 1. The predicted octanol–water partition coefficient (Wildman–Crippen LogP) is 2.83. The first-order chi connectivity index (χ1) is 15.1. The Bertz CT molecular complexity index is 1100. The van der Waals surface area contributed by atoms with Gasteiger partial charge in [0.25, 0.3) is 11.8 Å². The quantitative estimate of drug-likeness (QED) is 0.651. The van der Waals surface area contributed by atoms with Gasteiger partial charge >= 0.3 is 6.18 Å². The number of nitrogens with zero attached hydrogens (tertiary/aromatic N) is 6. The van der Waals surface area contributed by atoms with Gasteiger partial charge in [0.1, 0.15) is 0 Å². The van der Waals surface area contributed by atoms with Crippen molar-refractivity contribution in [2.45, 2.75) is 50.4 Å². The van der Waals surface area contributed by atoms with Crippen LogP contribution >= 0.6 is 0 Å². The van der Waals surface area contributed by atoms with Crippen LogP contribution in [0.25, 0.3) is 5.69 Å². The minimum absolute atomic E-state index is 0.0243. The van der Waals surface area contributed by atoms with Gasteiger partial charge in [-0.25, -0.2) is 0 Å². The van der Waals surface area contributed by atoms with Crippen LogP contribution in [0.5, 0.6) is 0 Å². The molecule has 1 unspecified atom stereocenters. The molecule has 4 rings (SSSR count). The number of rotatable bonds is 4. The maximum atomic E-state index is 13.4. The highest BCUT2D eigenvalue weighted by atomic mass is 19.4. The fraction of sp³-hybridized carbons (Fsp3) is 0.450. The number of hydrogen-bond acceptors (Lipinski definition) is 7. The highest BCUT2D eigenvalue weighted by molar-refractivity contribution is 5.98. The molecule has 0 bridgehead atoms. The Balaban J connectivity index is 1.59. The Morgan fingerprint density at radius 3 is 2.56 bits per heavy atom. The topological polar surface area (TPSA) is 110 Å². The molecule has 9 nitrogen and oxygen atoms in total. The summed E-state index contributed by atoms with van der Waals surface area (Å²) >= 11 is 0. The third-order valence-electron chi connectivity index (χ3n) is 5.69. The highest BCUT2D eigenvalue weighted by Crippen LogP contribution is 2.38. The molecule has 2 aromatic heterocycles. The second-order valence-electron chi connectivity index (χ2n) is 7.94. The summed E-state index contributed by atoms with van der Waals surface area (Å²) in [6.07, 6.45) is -0.808. The van der Waals surface area contributed by atoms with E-state index in [0.29, 0.717) is 31.0 Å². The van der Waals surface area contributed by atoms with E-state index in [0.717, 1.165) is 0 Å². The summed E-state index contributed by atoms with van der Waals surface area (Å²) in [5.74, 6) is -1.60. The maximum absolute atomic E-state index is 13.4. The van der Waals surface area contributed by atoms with Crippen molar-refractivity contribution < 1.29 is 27.6 Å². The van der Waals surface area contributed by atoms with Gasteiger partial charge in [0.05, 0.1) is 23.6 Å². The number of benzene rings is 1. The molecule has 1 fully saturated rings. The first-order valence-electron chi connectivity index (χ1n) is 9.99. The fourth-order valence-electron chi connectivity index (χ4n) is 3.64. The highest BCUT2D eigenvalue weighted by Gasteiger charge is 2.55. The number of halogens is 3. The molecule has 3 aromatic rings. The molecular formula is C20H21F3N6O3. The molecule has 1 aliphatic rings. The molecule has 12 heteroatoms. The molecule has 0 saturated carbocycles. The van der Waals surface area contributed by atoms with Crippen LogP contribution in [0, 0.1) is 0 Å². The minimum Gasteiger partial charge on any atom is -0.373 e. The van der Waals surface area contributed by atoms with E-state index in [-0.39, 0.29) is 24.3 Å².